The first-order chi connectivity index (χ1) is 16.9. The highest BCUT2D eigenvalue weighted by atomic mass is 32.1. The molecule has 4 heteroatoms. The highest BCUT2D eigenvalue weighted by Gasteiger charge is 1.94. The van der Waals surface area contributed by atoms with E-state index in [0.29, 0.717) is 0 Å². The number of thiol groups is 2. The molecule has 0 fully saturated rings. The van der Waals surface area contributed by atoms with Crippen LogP contribution < -0.4 is 0 Å². The molecule has 0 saturated heterocycles. The monoisotopic (exact) mass is 506 g/mol. The van der Waals surface area contributed by atoms with E-state index in [4.69, 9.17) is 0 Å². The van der Waals surface area contributed by atoms with Crippen molar-refractivity contribution < 1.29 is 0 Å². The van der Waals surface area contributed by atoms with Gasteiger partial charge in [-0.1, -0.05) is 89.9 Å². The third kappa shape index (κ3) is 20.6. The summed E-state index contributed by atoms with van der Waals surface area (Å²) >= 11 is 8.45. The lowest BCUT2D eigenvalue weighted by molar-refractivity contribution is 0.540. The highest BCUT2D eigenvalue weighted by molar-refractivity contribution is 7.80. The third-order valence-corrected chi connectivity index (χ3v) is 7.11. The third-order valence-electron chi connectivity index (χ3n) is 6.48. The molecule has 0 aliphatic carbocycles. The molecule has 0 unspecified atom stereocenters. The minimum Gasteiger partial charge on any atom is -0.354 e. The molecule has 34 heavy (non-hydrogen) atoms. The molecule has 0 aliphatic rings. The van der Waals surface area contributed by atoms with Crippen LogP contribution in [0.25, 0.3) is 0 Å². The van der Waals surface area contributed by atoms with Crippen LogP contribution in [0.5, 0.6) is 0 Å². The molecule has 0 amide bonds. The smallest absolute Gasteiger partial charge is 0.0219 e. The lowest BCUT2D eigenvalue weighted by atomic mass is 10.1. The van der Waals surface area contributed by atoms with Gasteiger partial charge in [0.2, 0.25) is 0 Å². The van der Waals surface area contributed by atoms with Gasteiger partial charge in [0.25, 0.3) is 0 Å². The second-order valence-electron chi connectivity index (χ2n) is 9.65. The summed E-state index contributed by atoms with van der Waals surface area (Å²) in [6, 6.07) is 8.41. The second kappa shape index (κ2) is 25.4. The maximum atomic E-state index is 4.23. The maximum Gasteiger partial charge on any atom is 0.0219 e. The minimum absolute atomic E-state index is 1.05. The van der Waals surface area contributed by atoms with Gasteiger partial charge in [-0.3, -0.25) is 0 Å². The van der Waals surface area contributed by atoms with E-state index in [1.807, 2.05) is 0 Å². The number of aromatic nitrogens is 2. The number of unbranched alkanes of at least 4 members (excludes halogenated alkanes) is 16. The Balaban J connectivity index is 0.000000340. The maximum absolute atomic E-state index is 4.23. The van der Waals surface area contributed by atoms with Crippen LogP contribution in [0.1, 0.15) is 116 Å². The molecule has 2 aromatic heterocycles. The van der Waals surface area contributed by atoms with Crippen molar-refractivity contribution in [3.8, 4) is 0 Å². The van der Waals surface area contributed by atoms with Gasteiger partial charge in [-0.05, 0) is 61.5 Å². The van der Waals surface area contributed by atoms with Crippen molar-refractivity contribution in [3.05, 3.63) is 49.1 Å². The summed E-state index contributed by atoms with van der Waals surface area (Å²) in [6.07, 6.45) is 33.5. The van der Waals surface area contributed by atoms with Crippen molar-refractivity contribution in [2.24, 2.45) is 0 Å². The van der Waals surface area contributed by atoms with Crippen LogP contribution in [-0.2, 0) is 13.1 Å². The van der Waals surface area contributed by atoms with Crippen LogP contribution >= 0.6 is 25.3 Å². The topological polar surface area (TPSA) is 9.86 Å². The van der Waals surface area contributed by atoms with Crippen molar-refractivity contribution >= 4 is 25.3 Å². The summed E-state index contributed by atoms with van der Waals surface area (Å²) in [7, 11) is 0. The summed E-state index contributed by atoms with van der Waals surface area (Å²) in [5, 5.41) is 0. The fraction of sp³-hybridized carbons (Fsp3) is 0.733. The standard InChI is InChI=1S/2C15H27NS/c2*17-15-11-7-5-3-1-2-4-6-8-12-16-13-9-10-14-16/h2*9-10,13-14,17H,1-8,11-12,15H2. The van der Waals surface area contributed by atoms with Gasteiger partial charge >= 0.3 is 0 Å². The zero-order valence-corrected chi connectivity index (χ0v) is 23.8. The number of hydrogen-bond acceptors (Lipinski definition) is 2. The molecular weight excluding hydrogens is 452 g/mol. The molecule has 2 aromatic rings. The molecule has 2 rings (SSSR count). The van der Waals surface area contributed by atoms with Gasteiger partial charge in [-0.15, -0.1) is 0 Å². The van der Waals surface area contributed by atoms with Crippen molar-refractivity contribution in [1.29, 1.82) is 0 Å². The molecular formula is C30H54N2S2. The van der Waals surface area contributed by atoms with E-state index < -0.39 is 0 Å². The largest absolute Gasteiger partial charge is 0.354 e. The molecule has 2 heterocycles. The van der Waals surface area contributed by atoms with Gasteiger partial charge < -0.3 is 9.13 Å². The van der Waals surface area contributed by atoms with Gasteiger partial charge in [0, 0.05) is 37.9 Å². The number of nitrogens with zero attached hydrogens (tertiary/aromatic N) is 2. The first kappa shape index (κ1) is 31.3. The van der Waals surface area contributed by atoms with Crippen molar-refractivity contribution in [2.75, 3.05) is 11.5 Å². The van der Waals surface area contributed by atoms with Crippen molar-refractivity contribution in [2.45, 2.75) is 129 Å². The summed E-state index contributed by atoms with van der Waals surface area (Å²) in [4.78, 5) is 0. The normalized spacial score (nSPS) is 10.9. The Kier molecular flexibility index (Phi) is 23.3. The Morgan fingerprint density at radius 2 is 0.559 bits per heavy atom. The lowest BCUT2D eigenvalue weighted by Crippen LogP contribution is -1.93. The second-order valence-corrected chi connectivity index (χ2v) is 10.5. The Morgan fingerprint density at radius 3 is 0.824 bits per heavy atom. The molecule has 0 aromatic carbocycles. The Hall–Kier alpha value is -0.740. The highest BCUT2D eigenvalue weighted by Crippen LogP contribution is 2.11. The van der Waals surface area contributed by atoms with Gasteiger partial charge in [0.15, 0.2) is 0 Å². The van der Waals surface area contributed by atoms with Gasteiger partial charge in [-0.25, -0.2) is 0 Å². The first-order valence-electron chi connectivity index (χ1n) is 14.3. The fourth-order valence-corrected chi connectivity index (χ4v) is 4.77. The average molecular weight is 507 g/mol. The van der Waals surface area contributed by atoms with Crippen LogP contribution in [0.2, 0.25) is 0 Å². The van der Waals surface area contributed by atoms with E-state index in [-0.39, 0.29) is 0 Å². The van der Waals surface area contributed by atoms with Gasteiger partial charge in [0.1, 0.15) is 0 Å². The summed E-state index contributed by atoms with van der Waals surface area (Å²) < 4.78 is 4.55. The Morgan fingerprint density at radius 1 is 0.324 bits per heavy atom. The predicted molar refractivity (Wildman–Crippen MR) is 160 cm³/mol. The Labute approximate surface area is 223 Å². The van der Waals surface area contributed by atoms with Crippen LogP contribution in [0.4, 0.5) is 0 Å². The van der Waals surface area contributed by atoms with Gasteiger partial charge in [-0.2, -0.15) is 25.3 Å². The van der Waals surface area contributed by atoms with Gasteiger partial charge in [0.05, 0.1) is 0 Å². The molecule has 196 valence electrons. The zero-order chi connectivity index (χ0) is 24.4. The summed E-state index contributed by atoms with van der Waals surface area (Å²) in [6.45, 7) is 2.38. The fourth-order valence-electron chi connectivity index (χ4n) is 4.33. The van der Waals surface area contributed by atoms with E-state index in [1.165, 1.54) is 129 Å². The molecule has 0 aliphatic heterocycles. The molecule has 0 atom stereocenters. The summed E-state index contributed by atoms with van der Waals surface area (Å²) in [5.41, 5.74) is 0. The van der Waals surface area contributed by atoms with E-state index in [0.717, 1.165) is 11.5 Å². The number of rotatable bonds is 22. The van der Waals surface area contributed by atoms with Crippen LogP contribution in [0.15, 0.2) is 49.1 Å². The SMILES string of the molecule is SCCCCCCCCCCCn1cccc1.SCCCCCCCCCCCn1cccc1. The molecule has 0 saturated carbocycles. The minimum atomic E-state index is 1.05. The van der Waals surface area contributed by atoms with E-state index in [9.17, 15) is 0 Å². The first-order valence-corrected chi connectivity index (χ1v) is 15.6. The molecule has 0 radical (unpaired) electrons. The van der Waals surface area contributed by atoms with E-state index in [2.05, 4.69) is 83.4 Å². The molecule has 2 nitrogen and oxygen atoms in total. The molecule has 0 spiro atoms. The summed E-state index contributed by atoms with van der Waals surface area (Å²) in [5.74, 6) is 2.11. The molecule has 0 N–H and O–H groups in total. The van der Waals surface area contributed by atoms with Crippen LogP contribution in [-0.4, -0.2) is 20.6 Å². The van der Waals surface area contributed by atoms with Crippen LogP contribution in [0.3, 0.4) is 0 Å². The van der Waals surface area contributed by atoms with E-state index in [1.54, 1.807) is 0 Å². The molecule has 0 bridgehead atoms. The zero-order valence-electron chi connectivity index (χ0n) is 22.0. The van der Waals surface area contributed by atoms with Crippen LogP contribution in [0, 0.1) is 0 Å². The van der Waals surface area contributed by atoms with Crippen molar-refractivity contribution in [1.82, 2.24) is 9.13 Å². The average Bonchev–Trinajstić information content (AvgIpc) is 3.56. The van der Waals surface area contributed by atoms with E-state index >= 15 is 0 Å². The Bertz CT molecular complexity index is 541. The lowest BCUT2D eigenvalue weighted by Gasteiger charge is -2.03. The number of aryl methyl sites for hydroxylation is 2. The number of hydrogen-bond donors (Lipinski definition) is 2. The quantitative estimate of drug-likeness (QED) is 0.116. The predicted octanol–water partition coefficient (Wildman–Crippen LogP) is 9.86. The van der Waals surface area contributed by atoms with Crippen molar-refractivity contribution in [3.63, 3.8) is 0 Å².